The first-order valence-corrected chi connectivity index (χ1v) is 9.29. The molecule has 0 bridgehead atoms. The Morgan fingerprint density at radius 1 is 1.22 bits per heavy atom. The van der Waals surface area contributed by atoms with Crippen LogP contribution in [0.15, 0.2) is 30.3 Å². The van der Waals surface area contributed by atoms with E-state index in [0.29, 0.717) is 17.6 Å². The lowest BCUT2D eigenvalue weighted by molar-refractivity contribution is 0.0174. The third kappa shape index (κ3) is 4.14. The molecular formula is C20H31NO2. The number of rotatable bonds is 8. The second kappa shape index (κ2) is 8.27. The van der Waals surface area contributed by atoms with Crippen LogP contribution in [0.3, 0.4) is 0 Å². The summed E-state index contributed by atoms with van der Waals surface area (Å²) in [5.41, 5.74) is 1.80. The van der Waals surface area contributed by atoms with Crippen LogP contribution < -0.4 is 5.32 Å². The number of benzene rings is 1. The van der Waals surface area contributed by atoms with Gasteiger partial charge in [-0.25, -0.2) is 0 Å². The van der Waals surface area contributed by atoms with E-state index in [9.17, 15) is 0 Å². The Kier molecular flexibility index (Phi) is 6.09. The van der Waals surface area contributed by atoms with Gasteiger partial charge in [-0.15, -0.1) is 0 Å². The lowest BCUT2D eigenvalue weighted by Gasteiger charge is -2.37. The summed E-state index contributed by atoms with van der Waals surface area (Å²) in [7, 11) is 0. The van der Waals surface area contributed by atoms with E-state index in [1.807, 2.05) is 0 Å². The monoisotopic (exact) mass is 317 g/mol. The van der Waals surface area contributed by atoms with Crippen LogP contribution in [0.1, 0.15) is 51.0 Å². The van der Waals surface area contributed by atoms with Crippen molar-refractivity contribution >= 4 is 0 Å². The number of nitrogens with one attached hydrogen (secondary N) is 1. The van der Waals surface area contributed by atoms with Gasteiger partial charge in [0, 0.05) is 24.6 Å². The maximum atomic E-state index is 5.78. The smallest absolute Gasteiger partial charge is 0.0809 e. The fraction of sp³-hybridized carbons (Fsp3) is 0.700. The highest BCUT2D eigenvalue weighted by Crippen LogP contribution is 2.43. The molecule has 1 aliphatic carbocycles. The lowest BCUT2D eigenvalue weighted by atomic mass is 9.73. The van der Waals surface area contributed by atoms with Crippen LogP contribution in [-0.4, -0.2) is 38.5 Å². The molecule has 2 fully saturated rings. The molecule has 2 unspecified atom stereocenters. The quantitative estimate of drug-likeness (QED) is 0.742. The Morgan fingerprint density at radius 2 is 2.00 bits per heavy atom. The second-order valence-electron chi connectivity index (χ2n) is 7.12. The zero-order valence-corrected chi connectivity index (χ0v) is 14.4. The van der Waals surface area contributed by atoms with Crippen molar-refractivity contribution < 1.29 is 9.47 Å². The Morgan fingerprint density at radius 3 is 2.70 bits per heavy atom. The van der Waals surface area contributed by atoms with Gasteiger partial charge in [-0.3, -0.25) is 0 Å². The highest BCUT2D eigenvalue weighted by Gasteiger charge is 2.40. The van der Waals surface area contributed by atoms with Gasteiger partial charge in [-0.1, -0.05) is 43.2 Å². The van der Waals surface area contributed by atoms with Crippen LogP contribution in [0.2, 0.25) is 0 Å². The van der Waals surface area contributed by atoms with E-state index in [1.54, 1.807) is 0 Å². The van der Waals surface area contributed by atoms with E-state index in [-0.39, 0.29) is 0 Å². The molecule has 3 rings (SSSR count). The van der Waals surface area contributed by atoms with E-state index in [4.69, 9.17) is 9.47 Å². The van der Waals surface area contributed by atoms with Crippen LogP contribution >= 0.6 is 0 Å². The molecule has 0 amide bonds. The highest BCUT2D eigenvalue weighted by molar-refractivity contribution is 5.28. The summed E-state index contributed by atoms with van der Waals surface area (Å²) in [6, 6.07) is 11.6. The molecule has 3 nitrogen and oxygen atoms in total. The van der Waals surface area contributed by atoms with Gasteiger partial charge in [0.2, 0.25) is 0 Å². The molecule has 1 aromatic carbocycles. The van der Waals surface area contributed by atoms with Crippen molar-refractivity contribution in [3.05, 3.63) is 35.9 Å². The van der Waals surface area contributed by atoms with Crippen molar-refractivity contribution in [3.8, 4) is 0 Å². The molecule has 1 aromatic rings. The normalized spacial score (nSPS) is 24.8. The van der Waals surface area contributed by atoms with Gasteiger partial charge in [-0.05, 0) is 38.2 Å². The summed E-state index contributed by atoms with van der Waals surface area (Å²) in [5.74, 6) is 0. The SMILES string of the molecule is CC(NCCOCC1CCCO1)C1(c2ccccc2)CCCC1. The summed E-state index contributed by atoms with van der Waals surface area (Å²) in [4.78, 5) is 0. The first kappa shape index (κ1) is 16.9. The van der Waals surface area contributed by atoms with Crippen molar-refractivity contribution in [3.63, 3.8) is 0 Å². The zero-order valence-electron chi connectivity index (χ0n) is 14.4. The fourth-order valence-corrected chi connectivity index (χ4v) is 4.28. The molecule has 1 N–H and O–H groups in total. The van der Waals surface area contributed by atoms with Crippen molar-refractivity contribution in [2.45, 2.75) is 63.0 Å². The van der Waals surface area contributed by atoms with Gasteiger partial charge in [-0.2, -0.15) is 0 Å². The second-order valence-corrected chi connectivity index (χ2v) is 7.12. The molecule has 0 radical (unpaired) electrons. The predicted octanol–water partition coefficient (Wildman–Crippen LogP) is 3.67. The first-order chi connectivity index (χ1) is 11.3. The van der Waals surface area contributed by atoms with Gasteiger partial charge >= 0.3 is 0 Å². The van der Waals surface area contributed by atoms with Crippen molar-refractivity contribution in [1.82, 2.24) is 5.32 Å². The Balaban J connectivity index is 1.46. The molecule has 23 heavy (non-hydrogen) atoms. The molecule has 2 aliphatic rings. The van der Waals surface area contributed by atoms with Crippen molar-refractivity contribution in [1.29, 1.82) is 0 Å². The van der Waals surface area contributed by atoms with Crippen LogP contribution in [0.4, 0.5) is 0 Å². The van der Waals surface area contributed by atoms with E-state index >= 15 is 0 Å². The molecule has 1 heterocycles. The van der Waals surface area contributed by atoms with Gasteiger partial charge in [0.25, 0.3) is 0 Å². The summed E-state index contributed by atoms with van der Waals surface area (Å²) in [6.45, 7) is 5.69. The summed E-state index contributed by atoms with van der Waals surface area (Å²) in [6.07, 6.45) is 7.94. The van der Waals surface area contributed by atoms with E-state index in [2.05, 4.69) is 42.6 Å². The maximum Gasteiger partial charge on any atom is 0.0809 e. The van der Waals surface area contributed by atoms with Gasteiger partial charge in [0.1, 0.15) is 0 Å². The first-order valence-electron chi connectivity index (χ1n) is 9.29. The summed E-state index contributed by atoms with van der Waals surface area (Å²) >= 11 is 0. The summed E-state index contributed by atoms with van der Waals surface area (Å²) < 4.78 is 11.4. The highest BCUT2D eigenvalue weighted by atomic mass is 16.5. The minimum Gasteiger partial charge on any atom is -0.377 e. The third-order valence-electron chi connectivity index (χ3n) is 5.70. The zero-order chi connectivity index (χ0) is 16.0. The fourth-order valence-electron chi connectivity index (χ4n) is 4.28. The Bertz CT molecular complexity index is 450. The van der Waals surface area contributed by atoms with Crippen LogP contribution in [0, 0.1) is 0 Å². The lowest BCUT2D eigenvalue weighted by Crippen LogP contribution is -2.46. The molecule has 1 aliphatic heterocycles. The number of hydrogen-bond donors (Lipinski definition) is 1. The van der Waals surface area contributed by atoms with E-state index in [0.717, 1.165) is 32.8 Å². The van der Waals surface area contributed by atoms with Crippen molar-refractivity contribution in [2.24, 2.45) is 0 Å². The maximum absolute atomic E-state index is 5.78. The Hall–Kier alpha value is -0.900. The Labute approximate surface area is 140 Å². The van der Waals surface area contributed by atoms with Crippen LogP contribution in [-0.2, 0) is 14.9 Å². The molecular weight excluding hydrogens is 286 g/mol. The predicted molar refractivity (Wildman–Crippen MR) is 93.8 cm³/mol. The van der Waals surface area contributed by atoms with Gasteiger partial charge in [0.05, 0.1) is 19.3 Å². The minimum atomic E-state index is 0.301. The molecule has 3 heteroatoms. The third-order valence-corrected chi connectivity index (χ3v) is 5.70. The number of hydrogen-bond acceptors (Lipinski definition) is 3. The average molecular weight is 317 g/mol. The van der Waals surface area contributed by atoms with Gasteiger partial charge in [0.15, 0.2) is 0 Å². The van der Waals surface area contributed by atoms with Crippen LogP contribution in [0.5, 0.6) is 0 Å². The van der Waals surface area contributed by atoms with Gasteiger partial charge < -0.3 is 14.8 Å². The molecule has 1 saturated carbocycles. The topological polar surface area (TPSA) is 30.5 Å². The van der Waals surface area contributed by atoms with Crippen LogP contribution in [0.25, 0.3) is 0 Å². The molecule has 2 atom stereocenters. The number of ether oxygens (including phenoxy) is 2. The average Bonchev–Trinajstić information content (AvgIpc) is 3.27. The largest absolute Gasteiger partial charge is 0.377 e. The minimum absolute atomic E-state index is 0.301. The van der Waals surface area contributed by atoms with E-state index in [1.165, 1.54) is 37.7 Å². The standard InChI is InChI=1S/C20H31NO2/c1-17(21-13-15-22-16-19-10-7-14-23-19)20(11-5-6-12-20)18-8-3-2-4-9-18/h2-4,8-9,17,19,21H,5-7,10-16H2,1H3. The molecule has 1 saturated heterocycles. The molecule has 0 spiro atoms. The summed E-state index contributed by atoms with van der Waals surface area (Å²) in [5, 5.41) is 3.72. The molecule has 0 aromatic heterocycles. The molecule has 128 valence electrons. The van der Waals surface area contributed by atoms with E-state index < -0.39 is 0 Å². The van der Waals surface area contributed by atoms with Crippen molar-refractivity contribution in [2.75, 3.05) is 26.4 Å².